The highest BCUT2D eigenvalue weighted by atomic mass is 28.4. The molecule has 0 aromatic heterocycles. The third-order valence-corrected chi connectivity index (χ3v) is 7.59. The Morgan fingerprint density at radius 1 is 1.17 bits per heavy atom. The van der Waals surface area contributed by atoms with E-state index in [0.29, 0.717) is 0 Å². The van der Waals surface area contributed by atoms with Gasteiger partial charge in [0.1, 0.15) is 5.75 Å². The predicted molar refractivity (Wildman–Crippen MR) is 78.9 cm³/mol. The zero-order chi connectivity index (χ0) is 13.8. The molecular formula is C14H23NO2Si. The zero-order valence-electron chi connectivity index (χ0n) is 12.2. The SMILES string of the molecule is COc1ccccc1/C=N/O[Si](C)(C)C(C)(C)C. The molecule has 18 heavy (non-hydrogen) atoms. The van der Waals surface area contributed by atoms with Crippen molar-refractivity contribution in [2.75, 3.05) is 7.11 Å². The van der Waals surface area contributed by atoms with Crippen LogP contribution in [0.15, 0.2) is 29.4 Å². The van der Waals surface area contributed by atoms with Crippen LogP contribution >= 0.6 is 0 Å². The summed E-state index contributed by atoms with van der Waals surface area (Å²) in [5.74, 6) is 0.806. The molecule has 0 aliphatic carbocycles. The van der Waals surface area contributed by atoms with Crippen LogP contribution in [0, 0.1) is 0 Å². The van der Waals surface area contributed by atoms with Crippen molar-refractivity contribution < 1.29 is 9.26 Å². The second kappa shape index (κ2) is 5.57. The molecule has 1 aromatic rings. The molecule has 0 bridgehead atoms. The van der Waals surface area contributed by atoms with Crippen LogP contribution < -0.4 is 4.74 Å². The molecule has 0 radical (unpaired) electrons. The molecule has 0 saturated carbocycles. The second-order valence-corrected chi connectivity index (χ2v) is 10.5. The molecule has 1 aromatic carbocycles. The summed E-state index contributed by atoms with van der Waals surface area (Å²) in [6, 6.07) is 7.76. The largest absolute Gasteiger partial charge is 0.496 e. The van der Waals surface area contributed by atoms with E-state index in [1.807, 2.05) is 24.3 Å². The molecule has 3 nitrogen and oxygen atoms in total. The number of nitrogens with zero attached hydrogens (tertiary/aromatic N) is 1. The van der Waals surface area contributed by atoms with Crippen LogP contribution in [0.2, 0.25) is 18.1 Å². The average Bonchev–Trinajstić information content (AvgIpc) is 2.28. The first kappa shape index (κ1) is 14.8. The summed E-state index contributed by atoms with van der Waals surface area (Å²) in [5.41, 5.74) is 0.929. The van der Waals surface area contributed by atoms with E-state index in [4.69, 9.17) is 9.26 Å². The molecule has 100 valence electrons. The third kappa shape index (κ3) is 3.60. The fourth-order valence-electron chi connectivity index (χ4n) is 1.12. The Kier molecular flexibility index (Phi) is 4.57. The highest BCUT2D eigenvalue weighted by Crippen LogP contribution is 2.36. The molecule has 0 amide bonds. The second-order valence-electron chi connectivity index (χ2n) is 5.83. The van der Waals surface area contributed by atoms with Crippen molar-refractivity contribution in [3.05, 3.63) is 29.8 Å². The maximum absolute atomic E-state index is 5.75. The van der Waals surface area contributed by atoms with Gasteiger partial charge in [-0.3, -0.25) is 0 Å². The van der Waals surface area contributed by atoms with Gasteiger partial charge < -0.3 is 9.26 Å². The minimum atomic E-state index is -1.83. The number of benzene rings is 1. The molecular weight excluding hydrogens is 242 g/mol. The van der Waals surface area contributed by atoms with Gasteiger partial charge in [-0.25, -0.2) is 0 Å². The van der Waals surface area contributed by atoms with E-state index >= 15 is 0 Å². The quantitative estimate of drug-likeness (QED) is 0.467. The first-order valence-electron chi connectivity index (χ1n) is 6.12. The lowest BCUT2D eigenvalue weighted by atomic mass is 10.2. The summed E-state index contributed by atoms with van der Waals surface area (Å²) in [6.45, 7) is 10.9. The third-order valence-electron chi connectivity index (χ3n) is 3.42. The van der Waals surface area contributed by atoms with Gasteiger partial charge >= 0.3 is 0 Å². The van der Waals surface area contributed by atoms with Gasteiger partial charge in [-0.05, 0) is 30.3 Å². The zero-order valence-corrected chi connectivity index (χ0v) is 13.2. The van der Waals surface area contributed by atoms with Crippen LogP contribution in [0.5, 0.6) is 5.75 Å². The maximum Gasteiger partial charge on any atom is 0.286 e. The van der Waals surface area contributed by atoms with E-state index in [1.165, 1.54) is 0 Å². The van der Waals surface area contributed by atoms with Gasteiger partial charge in [-0.1, -0.05) is 32.9 Å². The number of hydrogen-bond donors (Lipinski definition) is 0. The standard InChI is InChI=1S/C14H23NO2Si/c1-14(2,3)18(5,6)17-15-11-12-9-7-8-10-13(12)16-4/h7-11H,1-6H3/b15-11+. The topological polar surface area (TPSA) is 30.8 Å². The number of para-hydroxylation sites is 1. The highest BCUT2D eigenvalue weighted by molar-refractivity contribution is 6.74. The fraction of sp³-hybridized carbons (Fsp3) is 0.500. The Bertz CT molecular complexity index is 422. The van der Waals surface area contributed by atoms with E-state index in [1.54, 1.807) is 13.3 Å². The monoisotopic (exact) mass is 265 g/mol. The fourth-order valence-corrected chi connectivity index (χ4v) is 1.71. The minimum Gasteiger partial charge on any atom is -0.496 e. The van der Waals surface area contributed by atoms with Crippen LogP contribution in [0.3, 0.4) is 0 Å². The smallest absolute Gasteiger partial charge is 0.286 e. The minimum absolute atomic E-state index is 0.158. The average molecular weight is 265 g/mol. The van der Waals surface area contributed by atoms with Gasteiger partial charge in [0.25, 0.3) is 8.32 Å². The van der Waals surface area contributed by atoms with E-state index in [2.05, 4.69) is 39.0 Å². The van der Waals surface area contributed by atoms with Gasteiger partial charge in [-0.15, -0.1) is 5.16 Å². The van der Waals surface area contributed by atoms with Crippen LogP contribution in [0.4, 0.5) is 0 Å². The van der Waals surface area contributed by atoms with Gasteiger partial charge in [0, 0.05) is 5.56 Å². The van der Waals surface area contributed by atoms with Crippen molar-refractivity contribution in [3.63, 3.8) is 0 Å². The van der Waals surface area contributed by atoms with Gasteiger partial charge in [0.05, 0.1) is 13.3 Å². The van der Waals surface area contributed by atoms with E-state index in [0.717, 1.165) is 11.3 Å². The molecule has 0 spiro atoms. The Morgan fingerprint density at radius 3 is 2.33 bits per heavy atom. The first-order valence-corrected chi connectivity index (χ1v) is 9.03. The van der Waals surface area contributed by atoms with Gasteiger partial charge in [-0.2, -0.15) is 0 Å². The Hall–Kier alpha value is -1.29. The summed E-state index contributed by atoms with van der Waals surface area (Å²) in [4.78, 5) is 0. The van der Waals surface area contributed by atoms with Crippen molar-refractivity contribution in [2.24, 2.45) is 5.16 Å². The van der Waals surface area contributed by atoms with Crippen molar-refractivity contribution in [2.45, 2.75) is 38.9 Å². The summed E-state index contributed by atoms with van der Waals surface area (Å²) < 4.78 is 11.0. The molecule has 0 unspecified atom stereocenters. The molecule has 0 aliphatic heterocycles. The van der Waals surface area contributed by atoms with E-state index in [-0.39, 0.29) is 5.04 Å². The van der Waals surface area contributed by atoms with Crippen molar-refractivity contribution >= 4 is 14.5 Å². The summed E-state index contributed by atoms with van der Waals surface area (Å²) in [7, 11) is -0.171. The molecule has 0 aliphatic rings. The number of hydrogen-bond acceptors (Lipinski definition) is 3. The summed E-state index contributed by atoms with van der Waals surface area (Å²) >= 11 is 0. The Morgan fingerprint density at radius 2 is 1.78 bits per heavy atom. The number of rotatable bonds is 4. The first-order chi connectivity index (χ1) is 8.28. The lowest BCUT2D eigenvalue weighted by molar-refractivity contribution is 0.310. The van der Waals surface area contributed by atoms with Gasteiger partial charge in [0.2, 0.25) is 0 Å². The molecule has 0 atom stereocenters. The van der Waals surface area contributed by atoms with Gasteiger partial charge in [0.15, 0.2) is 0 Å². The summed E-state index contributed by atoms with van der Waals surface area (Å²) in [6.07, 6.45) is 1.72. The predicted octanol–water partition coefficient (Wildman–Crippen LogP) is 4.05. The molecule has 0 N–H and O–H groups in total. The van der Waals surface area contributed by atoms with Crippen LogP contribution in [-0.4, -0.2) is 21.6 Å². The normalized spacial score (nSPS) is 12.8. The Balaban J connectivity index is 2.77. The summed E-state index contributed by atoms with van der Waals surface area (Å²) in [5, 5.41) is 4.30. The molecule has 4 heteroatoms. The molecule has 0 fully saturated rings. The number of oxime groups is 1. The van der Waals surface area contributed by atoms with Crippen molar-refractivity contribution in [1.82, 2.24) is 0 Å². The van der Waals surface area contributed by atoms with Crippen LogP contribution in [-0.2, 0) is 4.53 Å². The maximum atomic E-state index is 5.75. The number of ether oxygens (including phenoxy) is 1. The van der Waals surface area contributed by atoms with Crippen LogP contribution in [0.1, 0.15) is 26.3 Å². The van der Waals surface area contributed by atoms with Crippen molar-refractivity contribution in [1.29, 1.82) is 0 Å². The van der Waals surface area contributed by atoms with E-state index < -0.39 is 8.32 Å². The number of methoxy groups -OCH3 is 1. The molecule has 0 saturated heterocycles. The lowest BCUT2D eigenvalue weighted by Crippen LogP contribution is -2.39. The molecule has 1 rings (SSSR count). The Labute approximate surface area is 111 Å². The van der Waals surface area contributed by atoms with E-state index in [9.17, 15) is 0 Å². The lowest BCUT2D eigenvalue weighted by Gasteiger charge is -2.33. The van der Waals surface area contributed by atoms with Crippen LogP contribution in [0.25, 0.3) is 0 Å². The highest BCUT2D eigenvalue weighted by Gasteiger charge is 2.39. The van der Waals surface area contributed by atoms with Crippen molar-refractivity contribution in [3.8, 4) is 5.75 Å². The molecule has 0 heterocycles.